The van der Waals surface area contributed by atoms with E-state index in [2.05, 4.69) is 12.1 Å². The fraction of sp³-hybridized carbons (Fsp3) is 0.154. The normalized spacial score (nSPS) is 10.1. The van der Waals surface area contributed by atoms with Gasteiger partial charge in [-0.2, -0.15) is 0 Å². The van der Waals surface area contributed by atoms with Crippen LogP contribution in [0.1, 0.15) is 20.8 Å². The van der Waals surface area contributed by atoms with E-state index in [9.17, 15) is 4.79 Å². The number of carbonyl (C=O) groups excluding carboxylic acids is 1. The number of aryl methyl sites for hydroxylation is 2. The van der Waals surface area contributed by atoms with Crippen LogP contribution in [0.4, 0.5) is 0 Å². The molecule has 0 saturated heterocycles. The van der Waals surface area contributed by atoms with E-state index in [1.807, 2.05) is 29.6 Å². The Morgan fingerprint density at radius 1 is 1.07 bits per heavy atom. The summed E-state index contributed by atoms with van der Waals surface area (Å²) < 4.78 is 0. The molecule has 0 amide bonds. The molecule has 0 fully saturated rings. The Hall–Kier alpha value is -1.41. The van der Waals surface area contributed by atoms with Crippen molar-refractivity contribution in [3.63, 3.8) is 0 Å². The lowest BCUT2D eigenvalue weighted by Crippen LogP contribution is -1.92. The lowest BCUT2D eigenvalue weighted by atomic mass is 10.1. The third kappa shape index (κ3) is 2.54. The molecule has 0 aliphatic heterocycles. The maximum Gasteiger partial charge on any atom is 0.160 e. The molecule has 1 nitrogen and oxygen atoms in total. The van der Waals surface area contributed by atoms with Gasteiger partial charge in [0.25, 0.3) is 0 Å². The van der Waals surface area contributed by atoms with Crippen molar-refractivity contribution in [3.8, 4) is 0 Å². The molecule has 0 bridgehead atoms. The molecule has 0 saturated carbocycles. The van der Waals surface area contributed by atoms with Crippen molar-refractivity contribution < 1.29 is 4.79 Å². The highest BCUT2D eigenvalue weighted by molar-refractivity contribution is 7.11. The number of hydrogen-bond donors (Lipinski definition) is 0. The van der Waals surface area contributed by atoms with Crippen molar-refractivity contribution in [1.82, 2.24) is 0 Å². The number of aldehydes is 1. The highest BCUT2D eigenvalue weighted by Crippen LogP contribution is 2.16. The van der Waals surface area contributed by atoms with Gasteiger partial charge in [0, 0.05) is 0 Å². The van der Waals surface area contributed by atoms with Crippen LogP contribution in [0, 0.1) is 0 Å². The molecule has 0 aliphatic rings. The Morgan fingerprint density at radius 3 is 2.60 bits per heavy atom. The van der Waals surface area contributed by atoms with Crippen LogP contribution in [-0.4, -0.2) is 6.29 Å². The first-order valence-electron chi connectivity index (χ1n) is 4.95. The second-order valence-electron chi connectivity index (χ2n) is 3.41. The van der Waals surface area contributed by atoms with Crippen LogP contribution in [0.2, 0.25) is 0 Å². The van der Waals surface area contributed by atoms with Crippen molar-refractivity contribution >= 4 is 17.6 Å². The van der Waals surface area contributed by atoms with Crippen molar-refractivity contribution in [2.75, 3.05) is 0 Å². The minimum absolute atomic E-state index is 0.867. The van der Waals surface area contributed by atoms with Gasteiger partial charge < -0.3 is 0 Å². The molecule has 76 valence electrons. The van der Waals surface area contributed by atoms with E-state index >= 15 is 0 Å². The largest absolute Gasteiger partial charge is 0.297 e. The predicted octanol–water partition coefficient (Wildman–Crippen LogP) is 3.35. The number of rotatable bonds is 4. The van der Waals surface area contributed by atoms with E-state index in [0.717, 1.165) is 24.0 Å². The van der Waals surface area contributed by atoms with Gasteiger partial charge in [-0.1, -0.05) is 30.3 Å². The fourth-order valence-corrected chi connectivity index (χ4v) is 2.34. The van der Waals surface area contributed by atoms with Crippen LogP contribution >= 0.6 is 11.3 Å². The highest BCUT2D eigenvalue weighted by atomic mass is 32.1. The van der Waals surface area contributed by atoms with Crippen molar-refractivity contribution in [2.24, 2.45) is 0 Å². The van der Waals surface area contributed by atoms with E-state index in [1.54, 1.807) is 0 Å². The molecule has 0 radical (unpaired) electrons. The van der Waals surface area contributed by atoms with Gasteiger partial charge >= 0.3 is 0 Å². The zero-order valence-electron chi connectivity index (χ0n) is 8.35. The topological polar surface area (TPSA) is 17.1 Å². The van der Waals surface area contributed by atoms with E-state index in [4.69, 9.17) is 0 Å². The summed E-state index contributed by atoms with van der Waals surface area (Å²) >= 11 is 1.52. The minimum Gasteiger partial charge on any atom is -0.297 e. The van der Waals surface area contributed by atoms with Gasteiger partial charge in [-0.3, -0.25) is 4.79 Å². The monoisotopic (exact) mass is 216 g/mol. The maximum atomic E-state index is 10.7. The summed E-state index contributed by atoms with van der Waals surface area (Å²) in [6, 6.07) is 12.4. The molecule has 1 aromatic carbocycles. The van der Waals surface area contributed by atoms with Crippen LogP contribution in [0.3, 0.4) is 0 Å². The summed E-state index contributed by atoms with van der Waals surface area (Å²) in [4.78, 5) is 11.6. The average Bonchev–Trinajstić information content (AvgIpc) is 2.75. The molecule has 2 aromatic rings. The smallest absolute Gasteiger partial charge is 0.160 e. The van der Waals surface area contributed by atoms with E-state index < -0.39 is 0 Å². The number of hydrogen-bond acceptors (Lipinski definition) is 2. The Balaban J connectivity index is 2.02. The van der Waals surface area contributed by atoms with Crippen LogP contribution in [0.15, 0.2) is 41.8 Å². The van der Waals surface area contributed by atoms with Gasteiger partial charge in [0.05, 0.1) is 4.88 Å². The molecule has 0 unspecified atom stereocenters. The number of carbonyl (C=O) groups is 1. The van der Waals surface area contributed by atoms with Gasteiger partial charge in [-0.25, -0.2) is 0 Å². The number of benzene rings is 1. The minimum atomic E-state index is 0.867. The summed E-state index contributed by atoms with van der Waals surface area (Å²) in [5, 5.41) is 1.98. The molecule has 0 aliphatic carbocycles. The van der Waals surface area contributed by atoms with Crippen molar-refractivity contribution in [1.29, 1.82) is 0 Å². The van der Waals surface area contributed by atoms with Crippen LogP contribution < -0.4 is 0 Å². The standard InChI is InChI=1S/C13H12OS/c14-10-13-12(8-9-15-13)7-6-11-4-2-1-3-5-11/h1-5,8-10H,6-7H2. The Kier molecular flexibility index (Phi) is 3.30. The summed E-state index contributed by atoms with van der Waals surface area (Å²) in [5.74, 6) is 0. The maximum absolute atomic E-state index is 10.7. The number of thiophene rings is 1. The summed E-state index contributed by atoms with van der Waals surface area (Å²) in [6.45, 7) is 0. The summed E-state index contributed by atoms with van der Waals surface area (Å²) in [5.41, 5.74) is 2.49. The molecule has 0 atom stereocenters. The molecule has 1 heterocycles. The summed E-state index contributed by atoms with van der Waals surface area (Å²) in [6.07, 6.45) is 2.89. The zero-order chi connectivity index (χ0) is 10.5. The van der Waals surface area contributed by atoms with E-state index in [-0.39, 0.29) is 0 Å². The quantitative estimate of drug-likeness (QED) is 0.716. The van der Waals surface area contributed by atoms with Crippen LogP contribution in [0.25, 0.3) is 0 Å². The molecular formula is C13H12OS. The molecule has 2 heteroatoms. The first-order valence-corrected chi connectivity index (χ1v) is 5.83. The SMILES string of the molecule is O=Cc1sccc1CCc1ccccc1. The third-order valence-electron chi connectivity index (χ3n) is 2.41. The van der Waals surface area contributed by atoms with E-state index in [0.29, 0.717) is 0 Å². The van der Waals surface area contributed by atoms with Gasteiger partial charge in [0.1, 0.15) is 0 Å². The first-order chi connectivity index (χ1) is 7.40. The average molecular weight is 216 g/mol. The summed E-state index contributed by atoms with van der Waals surface area (Å²) in [7, 11) is 0. The second-order valence-corrected chi connectivity index (χ2v) is 4.36. The highest BCUT2D eigenvalue weighted by Gasteiger charge is 2.02. The Labute approximate surface area is 93.4 Å². The second kappa shape index (κ2) is 4.89. The van der Waals surface area contributed by atoms with Crippen LogP contribution in [0.5, 0.6) is 0 Å². The van der Waals surface area contributed by atoms with Crippen molar-refractivity contribution in [3.05, 3.63) is 57.8 Å². The molecule has 15 heavy (non-hydrogen) atoms. The fourth-order valence-electron chi connectivity index (χ4n) is 1.58. The molecular weight excluding hydrogens is 204 g/mol. The van der Waals surface area contributed by atoms with E-state index in [1.165, 1.54) is 22.5 Å². The molecule has 0 N–H and O–H groups in total. The van der Waals surface area contributed by atoms with Crippen LogP contribution in [-0.2, 0) is 12.8 Å². The lowest BCUT2D eigenvalue weighted by Gasteiger charge is -2.00. The molecule has 0 spiro atoms. The predicted molar refractivity (Wildman–Crippen MR) is 63.6 cm³/mol. The third-order valence-corrected chi connectivity index (χ3v) is 3.30. The van der Waals surface area contributed by atoms with Gasteiger partial charge in [-0.05, 0) is 35.4 Å². The molecule has 1 aromatic heterocycles. The Morgan fingerprint density at radius 2 is 1.87 bits per heavy atom. The zero-order valence-corrected chi connectivity index (χ0v) is 9.17. The first kappa shape index (κ1) is 10.1. The Bertz CT molecular complexity index is 431. The lowest BCUT2D eigenvalue weighted by molar-refractivity contribution is 0.112. The van der Waals surface area contributed by atoms with Crippen molar-refractivity contribution in [2.45, 2.75) is 12.8 Å². The van der Waals surface area contributed by atoms with Gasteiger partial charge in [0.2, 0.25) is 0 Å². The van der Waals surface area contributed by atoms with Gasteiger partial charge in [-0.15, -0.1) is 11.3 Å². The molecule has 2 rings (SSSR count). The van der Waals surface area contributed by atoms with Gasteiger partial charge in [0.15, 0.2) is 6.29 Å².